The second kappa shape index (κ2) is 9.33. The van der Waals surface area contributed by atoms with Crippen molar-refractivity contribution in [3.63, 3.8) is 0 Å². The molecule has 2 aromatic carbocycles. The molecule has 0 saturated carbocycles. The van der Waals surface area contributed by atoms with Crippen LogP contribution in [0, 0.1) is 0 Å². The molecule has 0 aliphatic carbocycles. The van der Waals surface area contributed by atoms with Gasteiger partial charge in [0.2, 0.25) is 11.8 Å². The summed E-state index contributed by atoms with van der Waals surface area (Å²) in [7, 11) is 1.64. The van der Waals surface area contributed by atoms with Gasteiger partial charge >= 0.3 is 0 Å². The van der Waals surface area contributed by atoms with Crippen LogP contribution in [-0.2, 0) is 16.0 Å². The molecule has 2 amide bonds. The Hall–Kier alpha value is -2.82. The molecule has 0 unspecified atom stereocenters. The predicted octanol–water partition coefficient (Wildman–Crippen LogP) is 5.25. The summed E-state index contributed by atoms with van der Waals surface area (Å²) in [4.78, 5) is 27.6. The van der Waals surface area contributed by atoms with Gasteiger partial charge in [-0.05, 0) is 59.6 Å². The molecule has 1 N–H and O–H groups in total. The number of anilines is 2. The number of carbonyl (C=O) groups is 2. The standard InChI is InChI=1S/C25H32N2O3/c1-16(2)20-9-6-10-21(17(3)4)25(20)26-23(28)15-24(29)27-13-7-8-18-14-19(30-5)11-12-22(18)27/h6,9-12,14,16-17H,7-8,13,15H2,1-5H3,(H,26,28). The lowest BCUT2D eigenvalue weighted by atomic mass is 9.92. The van der Waals surface area contributed by atoms with Gasteiger partial charge in [-0.1, -0.05) is 45.9 Å². The molecule has 5 nitrogen and oxygen atoms in total. The van der Waals surface area contributed by atoms with Crippen LogP contribution < -0.4 is 15.0 Å². The molecule has 0 atom stereocenters. The minimum atomic E-state index is -0.268. The summed E-state index contributed by atoms with van der Waals surface area (Å²) in [6.45, 7) is 9.07. The van der Waals surface area contributed by atoms with Gasteiger partial charge in [0.1, 0.15) is 12.2 Å². The molecule has 0 radical (unpaired) electrons. The number of carbonyl (C=O) groups excluding carboxylic acids is 2. The second-order valence-electron chi connectivity index (χ2n) is 8.49. The van der Waals surface area contributed by atoms with Crippen molar-refractivity contribution in [1.29, 1.82) is 0 Å². The van der Waals surface area contributed by atoms with Crippen molar-refractivity contribution in [3.8, 4) is 5.75 Å². The Balaban J connectivity index is 1.78. The monoisotopic (exact) mass is 408 g/mol. The highest BCUT2D eigenvalue weighted by Gasteiger charge is 2.25. The molecule has 0 saturated heterocycles. The molecule has 1 aliphatic heterocycles. The third kappa shape index (κ3) is 4.66. The molecular weight excluding hydrogens is 376 g/mol. The first-order valence-electron chi connectivity index (χ1n) is 10.7. The van der Waals surface area contributed by atoms with Crippen LogP contribution in [0.3, 0.4) is 0 Å². The lowest BCUT2D eigenvalue weighted by molar-refractivity contribution is -0.125. The van der Waals surface area contributed by atoms with Gasteiger partial charge in [0.05, 0.1) is 7.11 Å². The number of amides is 2. The predicted molar refractivity (Wildman–Crippen MR) is 122 cm³/mol. The van der Waals surface area contributed by atoms with Gasteiger partial charge in [-0.2, -0.15) is 0 Å². The molecule has 1 aliphatic rings. The van der Waals surface area contributed by atoms with E-state index in [4.69, 9.17) is 4.74 Å². The maximum absolute atomic E-state index is 13.0. The number of fused-ring (bicyclic) bond motifs is 1. The van der Waals surface area contributed by atoms with Crippen molar-refractivity contribution < 1.29 is 14.3 Å². The zero-order chi connectivity index (χ0) is 21.8. The smallest absolute Gasteiger partial charge is 0.236 e. The Morgan fingerprint density at radius 2 is 1.73 bits per heavy atom. The molecule has 0 aromatic heterocycles. The fraction of sp³-hybridized carbons (Fsp3) is 0.440. The Morgan fingerprint density at radius 1 is 1.07 bits per heavy atom. The number of aryl methyl sites for hydroxylation is 1. The largest absolute Gasteiger partial charge is 0.497 e. The third-order valence-electron chi connectivity index (χ3n) is 5.66. The van der Waals surface area contributed by atoms with Crippen molar-refractivity contribution in [2.45, 2.75) is 58.8 Å². The molecule has 30 heavy (non-hydrogen) atoms. The van der Waals surface area contributed by atoms with E-state index in [1.165, 1.54) is 0 Å². The number of hydrogen-bond donors (Lipinski definition) is 1. The van der Waals surface area contributed by atoms with Gasteiger partial charge in [-0.3, -0.25) is 9.59 Å². The summed E-state index contributed by atoms with van der Waals surface area (Å²) in [6, 6.07) is 11.9. The Labute approximate surface area is 179 Å². The average Bonchev–Trinajstić information content (AvgIpc) is 2.72. The van der Waals surface area contributed by atoms with Crippen molar-refractivity contribution >= 4 is 23.2 Å². The quantitative estimate of drug-likeness (QED) is 0.664. The number of benzene rings is 2. The molecule has 5 heteroatoms. The molecule has 0 spiro atoms. The number of ether oxygens (including phenoxy) is 1. The van der Waals surface area contributed by atoms with Crippen LogP contribution in [0.25, 0.3) is 0 Å². The first-order valence-corrected chi connectivity index (χ1v) is 10.7. The maximum Gasteiger partial charge on any atom is 0.236 e. The summed E-state index contributed by atoms with van der Waals surface area (Å²) >= 11 is 0. The van der Waals surface area contributed by atoms with E-state index >= 15 is 0 Å². The molecule has 0 bridgehead atoms. The van der Waals surface area contributed by atoms with Gasteiger partial charge in [0.25, 0.3) is 0 Å². The van der Waals surface area contributed by atoms with Crippen LogP contribution in [0.4, 0.5) is 11.4 Å². The van der Waals surface area contributed by atoms with Crippen molar-refractivity contribution in [2.75, 3.05) is 23.9 Å². The fourth-order valence-electron chi connectivity index (χ4n) is 4.07. The van der Waals surface area contributed by atoms with E-state index < -0.39 is 0 Å². The molecule has 3 rings (SSSR count). The normalized spacial score (nSPS) is 13.4. The van der Waals surface area contributed by atoms with Gasteiger partial charge in [0.15, 0.2) is 0 Å². The van der Waals surface area contributed by atoms with Gasteiger partial charge in [-0.15, -0.1) is 0 Å². The molecule has 160 valence electrons. The van der Waals surface area contributed by atoms with E-state index in [1.807, 2.05) is 36.4 Å². The highest BCUT2D eigenvalue weighted by molar-refractivity contribution is 6.09. The van der Waals surface area contributed by atoms with E-state index in [0.29, 0.717) is 6.54 Å². The number of nitrogens with zero attached hydrogens (tertiary/aromatic N) is 1. The van der Waals surface area contributed by atoms with Gasteiger partial charge < -0.3 is 15.0 Å². The molecule has 0 fully saturated rings. The van der Waals surface area contributed by atoms with Crippen molar-refractivity contribution in [1.82, 2.24) is 0 Å². The van der Waals surface area contributed by atoms with E-state index in [0.717, 1.165) is 46.7 Å². The summed E-state index contributed by atoms with van der Waals surface area (Å²) in [6.07, 6.45) is 1.61. The zero-order valence-electron chi connectivity index (χ0n) is 18.6. The number of hydrogen-bond acceptors (Lipinski definition) is 3. The number of nitrogens with one attached hydrogen (secondary N) is 1. The highest BCUT2D eigenvalue weighted by atomic mass is 16.5. The van der Waals surface area contributed by atoms with Crippen LogP contribution in [0.2, 0.25) is 0 Å². The topological polar surface area (TPSA) is 58.6 Å². The Morgan fingerprint density at radius 3 is 2.33 bits per heavy atom. The summed E-state index contributed by atoms with van der Waals surface area (Å²) < 4.78 is 5.30. The Kier molecular flexibility index (Phi) is 6.80. The summed E-state index contributed by atoms with van der Waals surface area (Å²) in [5.41, 5.74) is 5.01. The summed E-state index contributed by atoms with van der Waals surface area (Å²) in [5.74, 6) is 0.895. The minimum absolute atomic E-state index is 0.171. The van der Waals surface area contributed by atoms with Crippen LogP contribution in [0.15, 0.2) is 36.4 Å². The fourth-order valence-corrected chi connectivity index (χ4v) is 4.07. The first kappa shape index (κ1) is 21.9. The average molecular weight is 409 g/mol. The summed E-state index contributed by atoms with van der Waals surface area (Å²) in [5, 5.41) is 3.05. The molecular formula is C25H32N2O3. The first-order chi connectivity index (χ1) is 14.3. The number of rotatable bonds is 6. The van der Waals surface area contributed by atoms with Crippen molar-refractivity contribution in [2.24, 2.45) is 0 Å². The lowest BCUT2D eigenvalue weighted by Gasteiger charge is -2.30. The zero-order valence-corrected chi connectivity index (χ0v) is 18.6. The lowest BCUT2D eigenvalue weighted by Crippen LogP contribution is -2.37. The van der Waals surface area contributed by atoms with Crippen LogP contribution in [0.1, 0.15) is 69.1 Å². The Bertz CT molecular complexity index is 908. The minimum Gasteiger partial charge on any atom is -0.497 e. The van der Waals surface area contributed by atoms with Crippen LogP contribution >= 0.6 is 0 Å². The molecule has 2 aromatic rings. The maximum atomic E-state index is 13.0. The van der Waals surface area contributed by atoms with E-state index in [-0.39, 0.29) is 30.1 Å². The van der Waals surface area contributed by atoms with Gasteiger partial charge in [-0.25, -0.2) is 0 Å². The second-order valence-corrected chi connectivity index (χ2v) is 8.49. The van der Waals surface area contributed by atoms with Crippen LogP contribution in [0.5, 0.6) is 5.75 Å². The van der Waals surface area contributed by atoms with E-state index in [9.17, 15) is 9.59 Å². The molecule has 1 heterocycles. The highest BCUT2D eigenvalue weighted by Crippen LogP contribution is 2.33. The van der Waals surface area contributed by atoms with Crippen LogP contribution in [-0.4, -0.2) is 25.5 Å². The van der Waals surface area contributed by atoms with E-state index in [2.05, 4.69) is 33.0 Å². The van der Waals surface area contributed by atoms with Gasteiger partial charge in [0, 0.05) is 17.9 Å². The van der Waals surface area contributed by atoms with Crippen molar-refractivity contribution in [3.05, 3.63) is 53.1 Å². The number of para-hydroxylation sites is 1. The number of methoxy groups -OCH3 is 1. The third-order valence-corrected chi connectivity index (χ3v) is 5.66. The van der Waals surface area contributed by atoms with E-state index in [1.54, 1.807) is 12.0 Å². The SMILES string of the molecule is COc1ccc2c(c1)CCCN2C(=O)CC(=O)Nc1c(C(C)C)cccc1C(C)C.